The van der Waals surface area contributed by atoms with E-state index in [1.807, 2.05) is 17.8 Å². The minimum atomic E-state index is -0.0781. The number of aryl methyl sites for hydroxylation is 1. The van der Waals surface area contributed by atoms with Gasteiger partial charge in [0.25, 0.3) is 0 Å². The molecule has 1 aliphatic rings. The third-order valence-corrected chi connectivity index (χ3v) is 3.25. The molecule has 0 spiro atoms. The van der Waals surface area contributed by atoms with Crippen molar-refractivity contribution in [3.8, 4) is 0 Å². The van der Waals surface area contributed by atoms with Crippen LogP contribution in [-0.4, -0.2) is 21.0 Å². The number of rotatable bonds is 2. The van der Waals surface area contributed by atoms with E-state index in [1.165, 1.54) is 0 Å². The molecule has 1 aliphatic carbocycles. The Morgan fingerprint density at radius 3 is 2.67 bits per heavy atom. The minimum Gasteiger partial charge on any atom is -0.396 e. The number of aliphatic hydroxyl groups is 1. The van der Waals surface area contributed by atoms with Crippen molar-refractivity contribution in [2.75, 3.05) is 5.73 Å². The van der Waals surface area contributed by atoms with Gasteiger partial charge in [0.2, 0.25) is 0 Å². The lowest BCUT2D eigenvalue weighted by Crippen LogP contribution is -2.21. The fourth-order valence-corrected chi connectivity index (χ4v) is 2.22. The number of aromatic nitrogens is 2. The zero-order valence-corrected chi connectivity index (χ0v) is 9.19. The van der Waals surface area contributed by atoms with Crippen molar-refractivity contribution in [2.24, 2.45) is 5.92 Å². The Kier molecular flexibility index (Phi) is 2.95. The maximum atomic E-state index is 9.40. The molecule has 3 N–H and O–H groups in total. The highest BCUT2D eigenvalue weighted by molar-refractivity contribution is 5.39. The minimum absolute atomic E-state index is 0.0781. The zero-order valence-electron chi connectivity index (χ0n) is 9.19. The third-order valence-electron chi connectivity index (χ3n) is 3.25. The Bertz CT molecular complexity index is 307. The highest BCUT2D eigenvalue weighted by Crippen LogP contribution is 2.25. The molecule has 0 saturated heterocycles. The SMILES string of the molecule is Cc1nn(CC2CCC(O)CC2)cc1N. The summed E-state index contributed by atoms with van der Waals surface area (Å²) in [6.45, 7) is 2.86. The standard InChI is InChI=1S/C11H19N3O/c1-8-11(12)7-14(13-8)6-9-2-4-10(15)5-3-9/h7,9-10,15H,2-6,12H2,1H3. The lowest BCUT2D eigenvalue weighted by molar-refractivity contribution is 0.103. The number of nitrogens with two attached hydrogens (primary N) is 1. The van der Waals surface area contributed by atoms with Crippen LogP contribution in [0.4, 0.5) is 5.69 Å². The summed E-state index contributed by atoms with van der Waals surface area (Å²) in [4.78, 5) is 0. The number of anilines is 1. The number of hydrogen-bond donors (Lipinski definition) is 2. The van der Waals surface area contributed by atoms with Crippen LogP contribution < -0.4 is 5.73 Å². The molecule has 0 bridgehead atoms. The van der Waals surface area contributed by atoms with Gasteiger partial charge in [-0.3, -0.25) is 4.68 Å². The van der Waals surface area contributed by atoms with Crippen molar-refractivity contribution in [3.63, 3.8) is 0 Å². The number of nitrogen functional groups attached to an aromatic ring is 1. The van der Waals surface area contributed by atoms with Gasteiger partial charge in [-0.2, -0.15) is 5.10 Å². The fourth-order valence-electron chi connectivity index (χ4n) is 2.22. The van der Waals surface area contributed by atoms with Gasteiger partial charge in [-0.15, -0.1) is 0 Å². The molecule has 1 aromatic heterocycles. The maximum absolute atomic E-state index is 9.40. The van der Waals surface area contributed by atoms with Crippen molar-refractivity contribution in [1.29, 1.82) is 0 Å². The third kappa shape index (κ3) is 2.50. The molecule has 84 valence electrons. The predicted molar refractivity (Wildman–Crippen MR) is 59.3 cm³/mol. The average molecular weight is 209 g/mol. The first-order chi connectivity index (χ1) is 7.15. The van der Waals surface area contributed by atoms with Crippen LogP contribution in [0.1, 0.15) is 31.4 Å². The summed E-state index contributed by atoms with van der Waals surface area (Å²) in [5.74, 6) is 0.645. The van der Waals surface area contributed by atoms with Gasteiger partial charge in [-0.1, -0.05) is 0 Å². The Morgan fingerprint density at radius 1 is 1.47 bits per heavy atom. The summed E-state index contributed by atoms with van der Waals surface area (Å²) in [5.41, 5.74) is 7.42. The highest BCUT2D eigenvalue weighted by Gasteiger charge is 2.19. The first-order valence-electron chi connectivity index (χ1n) is 5.62. The van der Waals surface area contributed by atoms with E-state index in [0.29, 0.717) is 5.92 Å². The van der Waals surface area contributed by atoms with Gasteiger partial charge in [0.1, 0.15) is 0 Å². The van der Waals surface area contributed by atoms with E-state index in [0.717, 1.165) is 43.6 Å². The van der Waals surface area contributed by atoms with Crippen LogP contribution in [0.25, 0.3) is 0 Å². The van der Waals surface area contributed by atoms with E-state index in [9.17, 15) is 5.11 Å². The van der Waals surface area contributed by atoms with Gasteiger partial charge in [0.05, 0.1) is 17.5 Å². The second-order valence-corrected chi connectivity index (χ2v) is 4.57. The van der Waals surface area contributed by atoms with Gasteiger partial charge < -0.3 is 10.8 Å². The van der Waals surface area contributed by atoms with E-state index in [1.54, 1.807) is 0 Å². The number of aliphatic hydroxyl groups excluding tert-OH is 1. The van der Waals surface area contributed by atoms with Crippen molar-refractivity contribution in [1.82, 2.24) is 9.78 Å². The molecular weight excluding hydrogens is 190 g/mol. The molecule has 1 fully saturated rings. The van der Waals surface area contributed by atoms with Crippen LogP contribution in [0.15, 0.2) is 6.20 Å². The van der Waals surface area contributed by atoms with Crippen LogP contribution >= 0.6 is 0 Å². The second-order valence-electron chi connectivity index (χ2n) is 4.57. The molecular formula is C11H19N3O. The Labute approximate surface area is 90.1 Å². The quantitative estimate of drug-likeness (QED) is 0.772. The lowest BCUT2D eigenvalue weighted by Gasteiger charge is -2.25. The molecule has 0 aromatic carbocycles. The molecule has 15 heavy (non-hydrogen) atoms. The molecule has 4 nitrogen and oxygen atoms in total. The smallest absolute Gasteiger partial charge is 0.0822 e. The van der Waals surface area contributed by atoms with Crippen molar-refractivity contribution in [3.05, 3.63) is 11.9 Å². The normalized spacial score (nSPS) is 26.8. The highest BCUT2D eigenvalue weighted by atomic mass is 16.3. The van der Waals surface area contributed by atoms with E-state index in [2.05, 4.69) is 5.10 Å². The van der Waals surface area contributed by atoms with E-state index >= 15 is 0 Å². The van der Waals surface area contributed by atoms with Crippen molar-refractivity contribution >= 4 is 5.69 Å². The van der Waals surface area contributed by atoms with Gasteiger partial charge >= 0.3 is 0 Å². The van der Waals surface area contributed by atoms with E-state index in [-0.39, 0.29) is 6.10 Å². The lowest BCUT2D eigenvalue weighted by atomic mass is 9.87. The Balaban J connectivity index is 1.91. The molecule has 1 aromatic rings. The first-order valence-corrected chi connectivity index (χ1v) is 5.62. The summed E-state index contributed by atoms with van der Waals surface area (Å²) in [7, 11) is 0. The van der Waals surface area contributed by atoms with Crippen LogP contribution in [-0.2, 0) is 6.54 Å². The molecule has 0 radical (unpaired) electrons. The first kappa shape index (κ1) is 10.5. The van der Waals surface area contributed by atoms with Gasteiger partial charge in [-0.25, -0.2) is 0 Å². The molecule has 0 atom stereocenters. The maximum Gasteiger partial charge on any atom is 0.0822 e. The summed E-state index contributed by atoms with van der Waals surface area (Å²) >= 11 is 0. The van der Waals surface area contributed by atoms with Gasteiger partial charge in [0.15, 0.2) is 0 Å². The monoisotopic (exact) mass is 209 g/mol. The number of nitrogens with zero attached hydrogens (tertiary/aromatic N) is 2. The summed E-state index contributed by atoms with van der Waals surface area (Å²) in [6, 6.07) is 0. The zero-order chi connectivity index (χ0) is 10.8. The molecule has 0 unspecified atom stereocenters. The largest absolute Gasteiger partial charge is 0.396 e. The topological polar surface area (TPSA) is 64.1 Å². The summed E-state index contributed by atoms with van der Waals surface area (Å²) in [5, 5.41) is 13.8. The summed E-state index contributed by atoms with van der Waals surface area (Å²) in [6.07, 6.45) is 5.88. The molecule has 1 heterocycles. The average Bonchev–Trinajstić information content (AvgIpc) is 2.50. The molecule has 4 heteroatoms. The van der Waals surface area contributed by atoms with E-state index in [4.69, 9.17) is 5.73 Å². The molecule has 1 saturated carbocycles. The molecule has 0 amide bonds. The molecule has 2 rings (SSSR count). The summed E-state index contributed by atoms with van der Waals surface area (Å²) < 4.78 is 1.94. The number of hydrogen-bond acceptors (Lipinski definition) is 3. The predicted octanol–water partition coefficient (Wildman–Crippen LogP) is 1.32. The Morgan fingerprint density at radius 2 is 2.13 bits per heavy atom. The van der Waals surface area contributed by atoms with Gasteiger partial charge in [0, 0.05) is 12.7 Å². The van der Waals surface area contributed by atoms with Crippen LogP contribution in [0.5, 0.6) is 0 Å². The van der Waals surface area contributed by atoms with Gasteiger partial charge in [-0.05, 0) is 38.5 Å². The van der Waals surface area contributed by atoms with E-state index < -0.39 is 0 Å². The van der Waals surface area contributed by atoms with Crippen molar-refractivity contribution in [2.45, 2.75) is 45.3 Å². The van der Waals surface area contributed by atoms with Crippen molar-refractivity contribution < 1.29 is 5.11 Å². The van der Waals surface area contributed by atoms with Crippen LogP contribution in [0.2, 0.25) is 0 Å². The fraction of sp³-hybridized carbons (Fsp3) is 0.727. The van der Waals surface area contributed by atoms with Crippen LogP contribution in [0.3, 0.4) is 0 Å². The second kappa shape index (κ2) is 4.23. The molecule has 0 aliphatic heterocycles. The van der Waals surface area contributed by atoms with Crippen LogP contribution in [0, 0.1) is 12.8 Å². The Hall–Kier alpha value is -1.03.